The number of carbonyl (C=O) groups is 2. The summed E-state index contributed by atoms with van der Waals surface area (Å²) >= 11 is 0. The molecule has 0 bridgehead atoms. The van der Waals surface area contributed by atoms with E-state index in [0.717, 1.165) is 0 Å². The van der Waals surface area contributed by atoms with Gasteiger partial charge >= 0.3 is 11.9 Å². The maximum Gasteiger partial charge on any atom is 0.310 e. The molecule has 3 unspecified atom stereocenters. The minimum atomic E-state index is -1.43. The van der Waals surface area contributed by atoms with E-state index < -0.39 is 29.4 Å². The number of carboxylic acid groups (broad SMARTS) is 2. The summed E-state index contributed by atoms with van der Waals surface area (Å²) in [7, 11) is 0. The molecule has 0 aromatic rings. The Kier molecular flexibility index (Phi) is 2.62. The van der Waals surface area contributed by atoms with Gasteiger partial charge in [-0.25, -0.2) is 0 Å². The molecule has 1 aliphatic carbocycles. The van der Waals surface area contributed by atoms with E-state index >= 15 is 0 Å². The molecule has 1 aliphatic rings. The Bertz CT molecular complexity index is 296. The van der Waals surface area contributed by atoms with E-state index in [1.807, 2.05) is 0 Å². The van der Waals surface area contributed by atoms with Gasteiger partial charge in [-0.1, -0.05) is 12.2 Å². The largest absolute Gasteiger partial charge is 0.481 e. The normalized spacial score (nSPS) is 36.7. The summed E-state index contributed by atoms with van der Waals surface area (Å²) in [6.07, 6.45) is 1.71. The van der Waals surface area contributed by atoms with Crippen LogP contribution in [-0.2, 0) is 9.59 Å². The smallest absolute Gasteiger partial charge is 0.310 e. The minimum absolute atomic E-state index is 0.121. The average Bonchev–Trinajstić information content (AvgIpc) is 2.02. The molecule has 1 rings (SSSR count). The van der Waals surface area contributed by atoms with E-state index in [1.165, 1.54) is 19.1 Å². The van der Waals surface area contributed by atoms with E-state index in [2.05, 4.69) is 0 Å². The van der Waals surface area contributed by atoms with Gasteiger partial charge in [0.25, 0.3) is 0 Å². The van der Waals surface area contributed by atoms with E-state index in [-0.39, 0.29) is 6.42 Å². The number of hydrogen-bond donors (Lipinski definition) is 3. The first-order chi connectivity index (χ1) is 6.39. The van der Waals surface area contributed by atoms with Gasteiger partial charge in [0.2, 0.25) is 0 Å². The Hall–Kier alpha value is -1.36. The van der Waals surface area contributed by atoms with Crippen LogP contribution in [0.1, 0.15) is 13.3 Å². The van der Waals surface area contributed by atoms with Crippen LogP contribution in [0.4, 0.5) is 0 Å². The molecule has 0 aromatic heterocycles. The molecule has 0 radical (unpaired) electrons. The molecule has 0 saturated heterocycles. The van der Waals surface area contributed by atoms with Crippen LogP contribution in [0.5, 0.6) is 0 Å². The Labute approximate surface area is 80.7 Å². The Morgan fingerprint density at radius 1 is 1.43 bits per heavy atom. The molecule has 3 atom stereocenters. The Morgan fingerprint density at radius 3 is 2.36 bits per heavy atom. The van der Waals surface area contributed by atoms with E-state index in [1.54, 1.807) is 0 Å². The van der Waals surface area contributed by atoms with E-state index in [9.17, 15) is 14.7 Å². The van der Waals surface area contributed by atoms with Crippen LogP contribution in [0.15, 0.2) is 12.2 Å². The molecule has 78 valence electrons. The van der Waals surface area contributed by atoms with Crippen LogP contribution in [0.3, 0.4) is 0 Å². The lowest BCUT2D eigenvalue weighted by atomic mass is 9.69. The van der Waals surface area contributed by atoms with Crippen molar-refractivity contribution in [3.05, 3.63) is 12.2 Å². The average molecular weight is 200 g/mol. The fourth-order valence-corrected chi connectivity index (χ4v) is 1.71. The fraction of sp³-hybridized carbons (Fsp3) is 0.556. The summed E-state index contributed by atoms with van der Waals surface area (Å²) in [5.74, 6) is -3.77. The highest BCUT2D eigenvalue weighted by Crippen LogP contribution is 2.38. The third-order valence-corrected chi connectivity index (χ3v) is 2.66. The molecule has 5 nitrogen and oxygen atoms in total. The number of hydrogen-bond acceptors (Lipinski definition) is 3. The molecular formula is C9H12O5. The highest BCUT2D eigenvalue weighted by Gasteiger charge is 2.49. The third-order valence-electron chi connectivity index (χ3n) is 2.66. The molecule has 0 amide bonds. The van der Waals surface area contributed by atoms with Gasteiger partial charge < -0.3 is 15.3 Å². The first-order valence-electron chi connectivity index (χ1n) is 4.20. The van der Waals surface area contributed by atoms with Gasteiger partial charge in [0.1, 0.15) is 5.92 Å². The van der Waals surface area contributed by atoms with Gasteiger partial charge in [0, 0.05) is 0 Å². The predicted octanol–water partition coefficient (Wildman–Crippen LogP) is 0.0989. The lowest BCUT2D eigenvalue weighted by Gasteiger charge is -2.35. The van der Waals surface area contributed by atoms with Crippen LogP contribution < -0.4 is 0 Å². The van der Waals surface area contributed by atoms with Crippen molar-refractivity contribution < 1.29 is 24.9 Å². The minimum Gasteiger partial charge on any atom is -0.481 e. The fourth-order valence-electron chi connectivity index (χ4n) is 1.71. The molecule has 0 saturated carbocycles. The lowest BCUT2D eigenvalue weighted by Crippen LogP contribution is -2.47. The van der Waals surface area contributed by atoms with Gasteiger partial charge in [0.05, 0.1) is 11.5 Å². The SMILES string of the molecule is CC1(C(=O)O)CC=CC(O)C1C(=O)O. The van der Waals surface area contributed by atoms with Gasteiger partial charge in [0.15, 0.2) is 0 Å². The molecule has 0 fully saturated rings. The second-order valence-corrected chi connectivity index (χ2v) is 3.66. The molecule has 5 heteroatoms. The summed E-state index contributed by atoms with van der Waals surface area (Å²) in [5, 5.41) is 27.2. The number of aliphatic hydroxyl groups is 1. The van der Waals surface area contributed by atoms with E-state index in [0.29, 0.717) is 0 Å². The molecule has 0 aromatic carbocycles. The van der Waals surface area contributed by atoms with Crippen molar-refractivity contribution in [1.29, 1.82) is 0 Å². The first-order valence-corrected chi connectivity index (χ1v) is 4.20. The van der Waals surface area contributed by atoms with Crippen LogP contribution in [0, 0.1) is 11.3 Å². The molecule has 0 aliphatic heterocycles. The predicted molar refractivity (Wildman–Crippen MR) is 46.6 cm³/mol. The van der Waals surface area contributed by atoms with Gasteiger partial charge in [-0.15, -0.1) is 0 Å². The molecule has 0 spiro atoms. The van der Waals surface area contributed by atoms with Crippen molar-refractivity contribution in [3.63, 3.8) is 0 Å². The first kappa shape index (κ1) is 10.7. The molecule has 0 heterocycles. The third kappa shape index (κ3) is 1.50. The van der Waals surface area contributed by atoms with Crippen LogP contribution in [0.2, 0.25) is 0 Å². The van der Waals surface area contributed by atoms with Crippen molar-refractivity contribution in [3.8, 4) is 0 Å². The maximum atomic E-state index is 10.9. The van der Waals surface area contributed by atoms with Crippen molar-refractivity contribution in [1.82, 2.24) is 0 Å². The molecule has 14 heavy (non-hydrogen) atoms. The zero-order valence-corrected chi connectivity index (χ0v) is 7.67. The van der Waals surface area contributed by atoms with Gasteiger partial charge in [-0.3, -0.25) is 9.59 Å². The zero-order valence-electron chi connectivity index (χ0n) is 7.67. The second kappa shape index (κ2) is 3.42. The van der Waals surface area contributed by atoms with Crippen LogP contribution in [0.25, 0.3) is 0 Å². The number of aliphatic hydroxyl groups excluding tert-OH is 1. The van der Waals surface area contributed by atoms with Gasteiger partial charge in [-0.05, 0) is 13.3 Å². The van der Waals surface area contributed by atoms with Crippen molar-refractivity contribution in [2.75, 3.05) is 0 Å². The second-order valence-electron chi connectivity index (χ2n) is 3.66. The number of rotatable bonds is 2. The number of allylic oxidation sites excluding steroid dienone is 1. The highest BCUT2D eigenvalue weighted by atomic mass is 16.4. The number of aliphatic carboxylic acids is 2. The number of carboxylic acids is 2. The van der Waals surface area contributed by atoms with Crippen LogP contribution in [-0.4, -0.2) is 33.4 Å². The van der Waals surface area contributed by atoms with E-state index in [4.69, 9.17) is 10.2 Å². The Morgan fingerprint density at radius 2 is 2.00 bits per heavy atom. The monoisotopic (exact) mass is 200 g/mol. The summed E-state index contributed by atoms with van der Waals surface area (Å²) in [4.78, 5) is 21.8. The highest BCUT2D eigenvalue weighted by molar-refractivity contribution is 5.84. The van der Waals surface area contributed by atoms with Crippen molar-refractivity contribution >= 4 is 11.9 Å². The molecule has 3 N–H and O–H groups in total. The Balaban J connectivity index is 3.11. The standard InChI is InChI=1S/C9H12O5/c1-9(8(13)14)4-2-3-5(10)6(9)7(11)12/h2-3,5-6,10H,4H2,1H3,(H,11,12)(H,13,14). The topological polar surface area (TPSA) is 94.8 Å². The van der Waals surface area contributed by atoms with Crippen molar-refractivity contribution in [2.45, 2.75) is 19.4 Å². The summed E-state index contributed by atoms with van der Waals surface area (Å²) in [6, 6.07) is 0. The lowest BCUT2D eigenvalue weighted by molar-refractivity contribution is -0.166. The zero-order chi connectivity index (χ0) is 10.9. The summed E-state index contributed by atoms with van der Waals surface area (Å²) < 4.78 is 0. The summed E-state index contributed by atoms with van der Waals surface area (Å²) in [5.41, 5.74) is -1.43. The summed E-state index contributed by atoms with van der Waals surface area (Å²) in [6.45, 7) is 1.33. The van der Waals surface area contributed by atoms with Crippen LogP contribution >= 0.6 is 0 Å². The van der Waals surface area contributed by atoms with Gasteiger partial charge in [-0.2, -0.15) is 0 Å². The quantitative estimate of drug-likeness (QED) is 0.549. The van der Waals surface area contributed by atoms with Crippen molar-refractivity contribution in [2.24, 2.45) is 11.3 Å². The maximum absolute atomic E-state index is 10.9. The molecular weight excluding hydrogens is 188 g/mol.